The van der Waals surface area contributed by atoms with Crippen LogP contribution in [0, 0.1) is 41.4 Å². The number of carboxylic acids is 1. The summed E-state index contributed by atoms with van der Waals surface area (Å²) in [5, 5.41) is 20.2. The number of fused-ring (bicyclic) bond motifs is 1. The Morgan fingerprint density at radius 3 is 2.81 bits per heavy atom. The normalized spacial score (nSPS) is 42.3. The molecule has 1 aromatic rings. The fourth-order valence-electron chi connectivity index (χ4n) is 6.73. The van der Waals surface area contributed by atoms with Gasteiger partial charge in [0.05, 0.1) is 6.10 Å². The van der Waals surface area contributed by atoms with Crippen LogP contribution in [-0.4, -0.2) is 29.1 Å². The first-order chi connectivity index (χ1) is 13.1. The Hall–Kier alpha value is -2.27. The summed E-state index contributed by atoms with van der Waals surface area (Å²) in [5.74, 6) is 3.32. The van der Waals surface area contributed by atoms with Gasteiger partial charge >= 0.3 is 5.97 Å². The lowest BCUT2D eigenvalue weighted by molar-refractivity contribution is -0.142. The second kappa shape index (κ2) is 5.38. The molecule has 0 bridgehead atoms. The third-order valence-electron chi connectivity index (χ3n) is 7.69. The summed E-state index contributed by atoms with van der Waals surface area (Å²) in [5.41, 5.74) is 2.24. The van der Waals surface area contributed by atoms with Crippen LogP contribution in [0.4, 0.5) is 0 Å². The molecule has 2 saturated carbocycles. The summed E-state index contributed by atoms with van der Waals surface area (Å²) >= 11 is 0. The minimum absolute atomic E-state index is 0.233. The second-order valence-corrected chi connectivity index (χ2v) is 8.65. The zero-order valence-corrected chi connectivity index (χ0v) is 14.8. The average Bonchev–Trinajstić information content (AvgIpc) is 3.26. The van der Waals surface area contributed by atoms with Gasteiger partial charge in [-0.3, -0.25) is 4.79 Å². The molecule has 6 rings (SSSR count). The third-order valence-corrected chi connectivity index (χ3v) is 7.69. The number of ether oxygens (including phenoxy) is 2. The molecule has 4 aliphatic carbocycles. The van der Waals surface area contributed by atoms with Crippen molar-refractivity contribution in [1.82, 2.24) is 0 Å². The van der Waals surface area contributed by atoms with E-state index >= 15 is 0 Å². The second-order valence-electron chi connectivity index (χ2n) is 8.65. The Kier molecular flexibility index (Phi) is 3.14. The van der Waals surface area contributed by atoms with Gasteiger partial charge in [0.25, 0.3) is 0 Å². The van der Waals surface area contributed by atoms with Gasteiger partial charge in [0, 0.05) is 12.3 Å². The first kappa shape index (κ1) is 15.8. The Balaban J connectivity index is 1.38. The maximum absolute atomic E-state index is 11.3. The monoisotopic (exact) mass is 366 g/mol. The van der Waals surface area contributed by atoms with Crippen LogP contribution in [-0.2, 0) is 4.79 Å². The minimum Gasteiger partial charge on any atom is -0.481 e. The van der Waals surface area contributed by atoms with Crippen LogP contribution in [0.25, 0.3) is 5.57 Å². The van der Waals surface area contributed by atoms with E-state index in [-0.39, 0.29) is 31.0 Å². The highest BCUT2D eigenvalue weighted by Gasteiger charge is 2.63. The predicted octanol–water partition coefficient (Wildman–Crippen LogP) is 2.95. The molecule has 0 aromatic heterocycles. The van der Waals surface area contributed by atoms with Gasteiger partial charge in [-0.15, -0.1) is 0 Å². The number of carbonyl (C=O) groups is 1. The Labute approximate surface area is 157 Å². The molecule has 5 aliphatic rings. The summed E-state index contributed by atoms with van der Waals surface area (Å²) in [6, 6.07) is 6.00. The van der Waals surface area contributed by atoms with E-state index in [0.29, 0.717) is 23.7 Å². The molecule has 1 aliphatic heterocycles. The van der Waals surface area contributed by atoms with Gasteiger partial charge in [-0.05, 0) is 65.2 Å². The summed E-state index contributed by atoms with van der Waals surface area (Å²) < 4.78 is 11.0. The van der Waals surface area contributed by atoms with Gasteiger partial charge < -0.3 is 19.7 Å². The molecule has 0 saturated heterocycles. The molecular weight excluding hydrogens is 344 g/mol. The molecule has 0 radical (unpaired) electrons. The first-order valence-corrected chi connectivity index (χ1v) is 9.82. The summed E-state index contributed by atoms with van der Waals surface area (Å²) in [4.78, 5) is 11.3. The number of benzene rings is 1. The fourth-order valence-corrected chi connectivity index (χ4v) is 6.73. The predicted molar refractivity (Wildman–Crippen MR) is 97.0 cm³/mol. The van der Waals surface area contributed by atoms with Crippen molar-refractivity contribution in [2.75, 3.05) is 6.79 Å². The number of allylic oxidation sites excluding steroid dienone is 3. The number of aliphatic carboxylic acids is 1. The average molecular weight is 366 g/mol. The molecule has 27 heavy (non-hydrogen) atoms. The lowest BCUT2D eigenvalue weighted by Gasteiger charge is -2.54. The molecule has 8 atom stereocenters. The van der Waals surface area contributed by atoms with Crippen molar-refractivity contribution < 1.29 is 24.5 Å². The van der Waals surface area contributed by atoms with Gasteiger partial charge in [0.15, 0.2) is 11.5 Å². The Morgan fingerprint density at radius 1 is 1.11 bits per heavy atom. The molecule has 140 valence electrons. The number of aliphatic hydroxyl groups excluding tert-OH is 1. The van der Waals surface area contributed by atoms with Gasteiger partial charge in [-0.25, -0.2) is 0 Å². The maximum atomic E-state index is 11.3. The Bertz CT molecular complexity index is 887. The summed E-state index contributed by atoms with van der Waals surface area (Å²) in [7, 11) is 0. The zero-order valence-electron chi connectivity index (χ0n) is 14.8. The molecule has 0 amide bonds. The minimum atomic E-state index is -0.705. The highest BCUT2D eigenvalue weighted by molar-refractivity contribution is 5.74. The van der Waals surface area contributed by atoms with E-state index in [9.17, 15) is 15.0 Å². The van der Waals surface area contributed by atoms with E-state index in [1.165, 1.54) is 5.57 Å². The number of hydrogen-bond acceptors (Lipinski definition) is 4. The molecule has 1 aromatic carbocycles. The number of rotatable bonds is 3. The van der Waals surface area contributed by atoms with Crippen molar-refractivity contribution in [3.8, 4) is 11.5 Å². The molecule has 2 fully saturated rings. The van der Waals surface area contributed by atoms with Crippen LogP contribution in [0.5, 0.6) is 11.5 Å². The van der Waals surface area contributed by atoms with E-state index in [2.05, 4.69) is 12.2 Å². The van der Waals surface area contributed by atoms with Crippen molar-refractivity contribution in [3.63, 3.8) is 0 Å². The molecule has 0 spiro atoms. The van der Waals surface area contributed by atoms with E-state index in [4.69, 9.17) is 9.47 Å². The lowest BCUT2D eigenvalue weighted by atomic mass is 9.50. The van der Waals surface area contributed by atoms with Gasteiger partial charge in [0.2, 0.25) is 6.79 Å². The highest BCUT2D eigenvalue weighted by Crippen LogP contribution is 2.68. The van der Waals surface area contributed by atoms with E-state index in [1.54, 1.807) is 0 Å². The third kappa shape index (κ3) is 2.06. The highest BCUT2D eigenvalue weighted by atomic mass is 16.7. The molecule has 1 heterocycles. The standard InChI is InChI=1S/C22H22O5/c23-17-7-13(10-1-4-18-19(5-10)27-9-26-18)11-2-3-12-14(8-20(24)25)15-6-16(17)22(11)21(12)15/h1-5,7,11-12,14-17,21-23H,6,8-9H2,(H,24,25)/t11-,12+,14+,15?,16-,17+,21+,22-/m0/s1. The molecule has 5 heteroatoms. The van der Waals surface area contributed by atoms with E-state index < -0.39 is 12.1 Å². The van der Waals surface area contributed by atoms with Crippen LogP contribution in [0.2, 0.25) is 0 Å². The molecule has 1 unspecified atom stereocenters. The quantitative estimate of drug-likeness (QED) is 0.805. The van der Waals surface area contributed by atoms with Crippen LogP contribution in [0.1, 0.15) is 18.4 Å². The zero-order chi connectivity index (χ0) is 18.3. The fraction of sp³-hybridized carbons (Fsp3) is 0.500. The van der Waals surface area contributed by atoms with Gasteiger partial charge in [-0.1, -0.05) is 24.3 Å². The largest absolute Gasteiger partial charge is 0.481 e. The number of carboxylic acid groups (broad SMARTS) is 1. The van der Waals surface area contributed by atoms with Crippen molar-refractivity contribution in [2.24, 2.45) is 41.4 Å². The van der Waals surface area contributed by atoms with Crippen molar-refractivity contribution in [1.29, 1.82) is 0 Å². The summed E-state index contributed by atoms with van der Waals surface area (Å²) in [6.45, 7) is 0.255. The topological polar surface area (TPSA) is 76.0 Å². The van der Waals surface area contributed by atoms with Crippen LogP contribution in [0.3, 0.4) is 0 Å². The van der Waals surface area contributed by atoms with Crippen LogP contribution < -0.4 is 9.47 Å². The van der Waals surface area contributed by atoms with E-state index in [1.807, 2.05) is 24.3 Å². The maximum Gasteiger partial charge on any atom is 0.303 e. The summed E-state index contributed by atoms with van der Waals surface area (Å²) in [6.07, 6.45) is 7.29. The van der Waals surface area contributed by atoms with Gasteiger partial charge in [0.1, 0.15) is 0 Å². The smallest absolute Gasteiger partial charge is 0.303 e. The SMILES string of the molecule is O=C(O)C[C@H]1C2C[C@@H]3[C@H]4[C@@H]2[C@@H]1C=C[C@H]4C(c1ccc2c(c1)OCO2)=C[C@H]3O. The van der Waals surface area contributed by atoms with Crippen LogP contribution in [0.15, 0.2) is 36.4 Å². The van der Waals surface area contributed by atoms with Crippen molar-refractivity contribution in [2.45, 2.75) is 18.9 Å². The molecule has 5 nitrogen and oxygen atoms in total. The molecular formula is C22H22O5. The lowest BCUT2D eigenvalue weighted by Crippen LogP contribution is -2.50. The van der Waals surface area contributed by atoms with Gasteiger partial charge in [-0.2, -0.15) is 0 Å². The van der Waals surface area contributed by atoms with Crippen molar-refractivity contribution in [3.05, 3.63) is 42.0 Å². The molecule has 2 N–H and O–H groups in total. The van der Waals surface area contributed by atoms with E-state index in [0.717, 1.165) is 23.5 Å². The number of hydrogen-bond donors (Lipinski definition) is 2. The Morgan fingerprint density at radius 2 is 1.96 bits per heavy atom. The van der Waals surface area contributed by atoms with Crippen LogP contribution >= 0.6 is 0 Å². The number of aliphatic hydroxyl groups is 1. The van der Waals surface area contributed by atoms with Crippen molar-refractivity contribution >= 4 is 11.5 Å². The first-order valence-electron chi connectivity index (χ1n) is 9.82.